The van der Waals surface area contributed by atoms with Crippen molar-refractivity contribution in [2.45, 2.75) is 52.6 Å². The van der Waals surface area contributed by atoms with Gasteiger partial charge in [-0.1, -0.05) is 53.5 Å². The van der Waals surface area contributed by atoms with Crippen molar-refractivity contribution in [1.29, 1.82) is 0 Å². The van der Waals surface area contributed by atoms with Crippen molar-refractivity contribution < 1.29 is 14.3 Å². The van der Waals surface area contributed by atoms with Gasteiger partial charge in [-0.05, 0) is 92.1 Å². The van der Waals surface area contributed by atoms with Crippen LogP contribution in [0.25, 0.3) is 0 Å². The number of carbonyl (C=O) groups excluding carboxylic acids is 1. The zero-order chi connectivity index (χ0) is 27.2. The predicted octanol–water partition coefficient (Wildman–Crippen LogP) is 6.69. The van der Waals surface area contributed by atoms with Gasteiger partial charge in [-0.25, -0.2) is 0 Å². The number of ether oxygens (including phenoxy) is 2. The largest absolute Gasteiger partial charge is 0.490 e. The minimum absolute atomic E-state index is 0.141. The lowest BCUT2D eigenvalue weighted by Gasteiger charge is -2.28. The monoisotopic (exact) mass is 554 g/mol. The first-order valence-corrected chi connectivity index (χ1v) is 13.9. The molecule has 202 valence electrons. The lowest BCUT2D eigenvalue weighted by atomic mass is 9.96. The summed E-state index contributed by atoms with van der Waals surface area (Å²) in [6.45, 7) is 7.78. The van der Waals surface area contributed by atoms with Crippen molar-refractivity contribution in [2.24, 2.45) is 11.7 Å². The molecule has 1 amide bonds. The van der Waals surface area contributed by atoms with Crippen molar-refractivity contribution in [3.8, 4) is 11.5 Å². The Morgan fingerprint density at radius 2 is 1.66 bits per heavy atom. The van der Waals surface area contributed by atoms with E-state index in [9.17, 15) is 4.79 Å². The first-order valence-electron chi connectivity index (χ1n) is 13.1. The van der Waals surface area contributed by atoms with Gasteiger partial charge in [0.05, 0.1) is 16.0 Å². The van der Waals surface area contributed by atoms with E-state index in [0.717, 1.165) is 29.7 Å². The highest BCUT2D eigenvalue weighted by Crippen LogP contribution is 2.34. The van der Waals surface area contributed by atoms with Crippen LogP contribution in [-0.2, 0) is 17.8 Å². The molecule has 0 aromatic heterocycles. The topological polar surface area (TPSA) is 64.8 Å². The van der Waals surface area contributed by atoms with E-state index >= 15 is 0 Å². The van der Waals surface area contributed by atoms with Gasteiger partial charge >= 0.3 is 0 Å². The normalized spacial score (nSPS) is 13.7. The Morgan fingerprint density at radius 3 is 2.29 bits per heavy atom. The Bertz CT molecular complexity index is 1240. The number of halogens is 2. The number of nitrogens with zero attached hydrogens (tertiary/aromatic N) is 1. The van der Waals surface area contributed by atoms with Crippen LogP contribution in [-0.4, -0.2) is 36.6 Å². The third-order valence-electron chi connectivity index (χ3n) is 7.11. The molecule has 1 unspecified atom stereocenters. The number of benzene rings is 3. The molecule has 3 aromatic rings. The maximum atomic E-state index is 13.6. The molecule has 2 N–H and O–H groups in total. The summed E-state index contributed by atoms with van der Waals surface area (Å²) in [4.78, 5) is 15.6. The second-order valence-electron chi connectivity index (χ2n) is 10.1. The van der Waals surface area contributed by atoms with E-state index in [4.69, 9.17) is 38.4 Å². The molecule has 0 saturated heterocycles. The van der Waals surface area contributed by atoms with Crippen LogP contribution in [0.4, 0.5) is 0 Å². The lowest BCUT2D eigenvalue weighted by Crippen LogP contribution is -2.41. The molecule has 5 nitrogen and oxygen atoms in total. The molecule has 0 radical (unpaired) electrons. The number of aryl methyl sites for hydroxylation is 2. The van der Waals surface area contributed by atoms with Crippen LogP contribution in [0, 0.1) is 26.7 Å². The number of carbonyl (C=O) groups is 1. The first kappa shape index (κ1) is 28.3. The quantitative estimate of drug-likeness (QED) is 0.253. The molecule has 1 fully saturated rings. The second kappa shape index (κ2) is 12.9. The van der Waals surface area contributed by atoms with Crippen LogP contribution in [0.2, 0.25) is 10.0 Å². The van der Waals surface area contributed by atoms with Crippen molar-refractivity contribution in [3.63, 3.8) is 0 Å². The summed E-state index contributed by atoms with van der Waals surface area (Å²) in [7, 11) is 0. The summed E-state index contributed by atoms with van der Waals surface area (Å²) in [5, 5.41) is 0.968. The maximum absolute atomic E-state index is 13.6. The molecule has 1 aliphatic carbocycles. The minimum atomic E-state index is -0.259. The lowest BCUT2D eigenvalue weighted by molar-refractivity contribution is -0.136. The third-order valence-corrected chi connectivity index (χ3v) is 7.67. The summed E-state index contributed by atoms with van der Waals surface area (Å²) < 4.78 is 11.5. The zero-order valence-electron chi connectivity index (χ0n) is 22.3. The van der Waals surface area contributed by atoms with Crippen LogP contribution in [0.3, 0.4) is 0 Å². The molecule has 1 saturated carbocycles. The number of rotatable bonds is 12. The van der Waals surface area contributed by atoms with Gasteiger partial charge in [-0.3, -0.25) is 4.79 Å². The van der Waals surface area contributed by atoms with Crippen molar-refractivity contribution in [3.05, 3.63) is 92.5 Å². The van der Waals surface area contributed by atoms with Gasteiger partial charge in [0.2, 0.25) is 5.91 Å². The van der Waals surface area contributed by atoms with E-state index in [2.05, 4.69) is 32.0 Å². The average Bonchev–Trinajstić information content (AvgIpc) is 3.73. The van der Waals surface area contributed by atoms with Crippen LogP contribution >= 0.6 is 23.2 Å². The molecule has 3 aromatic carbocycles. The van der Waals surface area contributed by atoms with E-state index in [-0.39, 0.29) is 11.8 Å². The first-order chi connectivity index (χ1) is 18.3. The minimum Gasteiger partial charge on any atom is -0.490 e. The fraction of sp³-hybridized carbons (Fsp3) is 0.387. The molecule has 7 heteroatoms. The Morgan fingerprint density at radius 1 is 1.00 bits per heavy atom. The molecule has 1 aliphatic rings. The van der Waals surface area contributed by atoms with Gasteiger partial charge in [-0.2, -0.15) is 0 Å². The maximum Gasteiger partial charge on any atom is 0.227 e. The van der Waals surface area contributed by atoms with Gasteiger partial charge in [-0.15, -0.1) is 0 Å². The molecule has 0 aliphatic heterocycles. The molecular weight excluding hydrogens is 519 g/mol. The van der Waals surface area contributed by atoms with E-state index in [0.29, 0.717) is 54.6 Å². The van der Waals surface area contributed by atoms with Gasteiger partial charge in [0, 0.05) is 19.1 Å². The number of hydrogen-bond donors (Lipinski definition) is 1. The Kier molecular flexibility index (Phi) is 9.59. The Balaban J connectivity index is 1.31. The van der Waals surface area contributed by atoms with Crippen LogP contribution in [0.1, 0.15) is 40.7 Å². The van der Waals surface area contributed by atoms with E-state index in [1.165, 1.54) is 16.7 Å². The summed E-state index contributed by atoms with van der Waals surface area (Å²) in [6, 6.07) is 18.1. The van der Waals surface area contributed by atoms with Gasteiger partial charge < -0.3 is 20.1 Å². The highest BCUT2D eigenvalue weighted by molar-refractivity contribution is 6.37. The van der Waals surface area contributed by atoms with Crippen molar-refractivity contribution in [1.82, 2.24) is 4.90 Å². The molecule has 1 atom stereocenters. The van der Waals surface area contributed by atoms with Gasteiger partial charge in [0.15, 0.2) is 5.75 Å². The molecular formula is C31H36Cl2N2O3. The third kappa shape index (κ3) is 7.22. The highest BCUT2D eigenvalue weighted by atomic mass is 35.5. The fourth-order valence-corrected chi connectivity index (χ4v) is 5.29. The summed E-state index contributed by atoms with van der Waals surface area (Å²) >= 11 is 12.5. The fourth-order valence-electron chi connectivity index (χ4n) is 4.58. The van der Waals surface area contributed by atoms with Crippen LogP contribution in [0.15, 0.2) is 54.6 Å². The summed E-state index contributed by atoms with van der Waals surface area (Å²) in [5.41, 5.74) is 11.8. The Labute approximate surface area is 235 Å². The molecule has 0 bridgehead atoms. The predicted molar refractivity (Wildman–Crippen MR) is 154 cm³/mol. The number of nitrogens with two attached hydrogens (primary N) is 1. The van der Waals surface area contributed by atoms with Gasteiger partial charge in [0.25, 0.3) is 0 Å². The number of amides is 1. The molecule has 0 heterocycles. The van der Waals surface area contributed by atoms with E-state index in [1.54, 1.807) is 0 Å². The van der Waals surface area contributed by atoms with E-state index < -0.39 is 0 Å². The zero-order valence-corrected chi connectivity index (χ0v) is 23.8. The second-order valence-corrected chi connectivity index (χ2v) is 10.9. The standard InChI is InChI=1S/C31H36Cl2N2O3/c1-20-15-28(32)30(29(33)16-20)38-14-13-37-27-11-7-23(8-12-27)17-25(18-34)31(36)35(26-9-10-26)19-24-6-4-5-21(2)22(24)3/h4-8,11-12,15-16,25-26H,9-10,13-14,17-19,34H2,1-3H3. The summed E-state index contributed by atoms with van der Waals surface area (Å²) in [6.07, 6.45) is 2.72. The highest BCUT2D eigenvalue weighted by Gasteiger charge is 2.35. The van der Waals surface area contributed by atoms with Crippen molar-refractivity contribution in [2.75, 3.05) is 19.8 Å². The molecule has 0 spiro atoms. The SMILES string of the molecule is Cc1cc(Cl)c(OCCOc2ccc(CC(CN)C(=O)N(Cc3cccc(C)c3C)C3CC3)cc2)c(Cl)c1. The number of hydrogen-bond acceptors (Lipinski definition) is 4. The van der Waals surface area contributed by atoms with Gasteiger partial charge in [0.1, 0.15) is 19.0 Å². The average molecular weight is 556 g/mol. The molecule has 4 rings (SSSR count). The van der Waals surface area contributed by atoms with Crippen molar-refractivity contribution >= 4 is 29.1 Å². The summed E-state index contributed by atoms with van der Waals surface area (Å²) in [5.74, 6) is 1.07. The van der Waals surface area contributed by atoms with E-state index in [1.807, 2.05) is 48.2 Å². The van der Waals surface area contributed by atoms with Crippen LogP contribution < -0.4 is 15.2 Å². The molecule has 38 heavy (non-hydrogen) atoms. The van der Waals surface area contributed by atoms with Crippen LogP contribution in [0.5, 0.6) is 11.5 Å². The Hall–Kier alpha value is -2.73. The smallest absolute Gasteiger partial charge is 0.227 e.